The average molecular weight is 432 g/mol. The molecule has 1 amide bonds. The fourth-order valence-electron chi connectivity index (χ4n) is 2.93. The molecule has 2 aromatic heterocycles. The van der Waals surface area contributed by atoms with E-state index in [1.54, 1.807) is 16.8 Å². The maximum atomic E-state index is 12.6. The molecule has 2 N–H and O–H groups in total. The Kier molecular flexibility index (Phi) is 6.57. The molecule has 0 aliphatic heterocycles. The van der Waals surface area contributed by atoms with Crippen molar-refractivity contribution in [2.45, 2.75) is 33.4 Å². The van der Waals surface area contributed by atoms with Gasteiger partial charge in [-0.3, -0.25) is 4.79 Å². The number of carbonyl (C=O) groups is 1. The summed E-state index contributed by atoms with van der Waals surface area (Å²) in [6.07, 6.45) is -4.38. The zero-order chi connectivity index (χ0) is 22.6. The van der Waals surface area contributed by atoms with Crippen molar-refractivity contribution in [3.8, 4) is 5.82 Å². The highest BCUT2D eigenvalue weighted by molar-refractivity contribution is 5.78. The van der Waals surface area contributed by atoms with E-state index in [0.29, 0.717) is 30.3 Å². The van der Waals surface area contributed by atoms with Gasteiger partial charge in [0.05, 0.1) is 17.7 Å². The van der Waals surface area contributed by atoms with E-state index in [9.17, 15) is 18.0 Å². The topological polar surface area (TPSA) is 84.7 Å². The molecule has 0 aliphatic carbocycles. The molecule has 0 saturated heterocycles. The van der Waals surface area contributed by atoms with Crippen LogP contribution in [0.1, 0.15) is 28.1 Å². The predicted octanol–water partition coefficient (Wildman–Crippen LogP) is 3.38. The second-order valence-corrected chi connectivity index (χ2v) is 7.13. The van der Waals surface area contributed by atoms with E-state index in [2.05, 4.69) is 25.9 Å². The average Bonchev–Trinajstić information content (AvgIpc) is 2.99. The van der Waals surface area contributed by atoms with Gasteiger partial charge < -0.3 is 10.6 Å². The third-order valence-electron chi connectivity index (χ3n) is 4.92. The van der Waals surface area contributed by atoms with Crippen LogP contribution in [-0.4, -0.2) is 39.0 Å². The minimum absolute atomic E-state index is 0.00863. The number of hydrogen-bond acceptors (Lipinski definition) is 5. The molecule has 0 saturated carbocycles. The van der Waals surface area contributed by atoms with Crippen LogP contribution in [0.15, 0.2) is 36.4 Å². The lowest BCUT2D eigenvalue weighted by molar-refractivity contribution is -0.137. The fraction of sp³-hybridized carbons (Fsp3) is 0.333. The number of aryl methyl sites for hydroxylation is 1. The number of alkyl halides is 3. The molecule has 0 radical (unpaired) electrons. The second-order valence-electron chi connectivity index (χ2n) is 7.13. The first kappa shape index (κ1) is 22.3. The van der Waals surface area contributed by atoms with E-state index in [4.69, 9.17) is 0 Å². The lowest BCUT2D eigenvalue weighted by atomic mass is 10.1. The lowest BCUT2D eigenvalue weighted by Gasteiger charge is -2.09. The molecule has 7 nitrogen and oxygen atoms in total. The van der Waals surface area contributed by atoms with Crippen molar-refractivity contribution in [3.05, 3.63) is 64.5 Å². The highest BCUT2D eigenvalue weighted by atomic mass is 19.4. The standard InChI is InChI=1S/C21H23F3N6O/c1-13-14(2)29-30(15(13)3)19-9-8-18(27-28-19)25-10-11-26-20(31)12-16-4-6-17(7-5-16)21(22,23)24/h4-9H,10-12H2,1-3H3,(H,25,27)(H,26,31). The number of hydrogen-bond donors (Lipinski definition) is 2. The maximum Gasteiger partial charge on any atom is 0.416 e. The molecular weight excluding hydrogens is 409 g/mol. The van der Waals surface area contributed by atoms with Gasteiger partial charge in [0.25, 0.3) is 0 Å². The Morgan fingerprint density at radius 2 is 1.71 bits per heavy atom. The van der Waals surface area contributed by atoms with Gasteiger partial charge in [-0.05, 0) is 56.2 Å². The zero-order valence-corrected chi connectivity index (χ0v) is 17.4. The molecule has 164 valence electrons. The van der Waals surface area contributed by atoms with E-state index in [1.807, 2.05) is 20.8 Å². The number of anilines is 1. The highest BCUT2D eigenvalue weighted by Gasteiger charge is 2.29. The summed E-state index contributed by atoms with van der Waals surface area (Å²) in [6, 6.07) is 8.14. The van der Waals surface area contributed by atoms with Gasteiger partial charge in [0.15, 0.2) is 5.82 Å². The first-order chi connectivity index (χ1) is 14.6. The van der Waals surface area contributed by atoms with Crippen molar-refractivity contribution in [2.24, 2.45) is 0 Å². The largest absolute Gasteiger partial charge is 0.416 e. The summed E-state index contributed by atoms with van der Waals surface area (Å²) < 4.78 is 39.5. The molecule has 3 aromatic rings. The number of nitrogens with zero attached hydrogens (tertiary/aromatic N) is 4. The van der Waals surface area contributed by atoms with Crippen molar-refractivity contribution < 1.29 is 18.0 Å². The number of amides is 1. The summed E-state index contributed by atoms with van der Waals surface area (Å²) in [7, 11) is 0. The van der Waals surface area contributed by atoms with Crippen LogP contribution < -0.4 is 10.6 Å². The number of halogens is 3. The molecule has 0 spiro atoms. The summed E-state index contributed by atoms with van der Waals surface area (Å²) in [5.41, 5.74) is 2.83. The van der Waals surface area contributed by atoms with Gasteiger partial charge in [-0.25, -0.2) is 4.68 Å². The molecule has 1 aromatic carbocycles. The molecular formula is C21H23F3N6O. The minimum Gasteiger partial charge on any atom is -0.367 e. The van der Waals surface area contributed by atoms with Gasteiger partial charge in [0, 0.05) is 18.8 Å². The summed E-state index contributed by atoms with van der Waals surface area (Å²) >= 11 is 0. The van der Waals surface area contributed by atoms with Crippen molar-refractivity contribution in [3.63, 3.8) is 0 Å². The van der Waals surface area contributed by atoms with Gasteiger partial charge in [0.2, 0.25) is 5.91 Å². The fourth-order valence-corrected chi connectivity index (χ4v) is 2.93. The molecule has 2 heterocycles. The normalized spacial score (nSPS) is 11.4. The number of rotatable bonds is 7. The van der Waals surface area contributed by atoms with Gasteiger partial charge in [-0.1, -0.05) is 12.1 Å². The molecule has 0 atom stereocenters. The van der Waals surface area contributed by atoms with E-state index >= 15 is 0 Å². The van der Waals surface area contributed by atoms with Crippen molar-refractivity contribution >= 4 is 11.7 Å². The van der Waals surface area contributed by atoms with Crippen LogP contribution in [0, 0.1) is 20.8 Å². The van der Waals surface area contributed by atoms with Gasteiger partial charge >= 0.3 is 6.18 Å². The smallest absolute Gasteiger partial charge is 0.367 e. The summed E-state index contributed by atoms with van der Waals surface area (Å²) in [4.78, 5) is 12.0. The Morgan fingerprint density at radius 1 is 1.00 bits per heavy atom. The van der Waals surface area contributed by atoms with Crippen LogP contribution in [0.3, 0.4) is 0 Å². The number of carbonyl (C=O) groups excluding carboxylic acids is 1. The Morgan fingerprint density at radius 3 is 2.26 bits per heavy atom. The Bertz CT molecular complexity index is 1040. The van der Waals surface area contributed by atoms with E-state index in [-0.39, 0.29) is 12.3 Å². The van der Waals surface area contributed by atoms with Crippen molar-refractivity contribution in [2.75, 3.05) is 18.4 Å². The van der Waals surface area contributed by atoms with Crippen LogP contribution in [0.5, 0.6) is 0 Å². The Hall–Kier alpha value is -3.43. The quantitative estimate of drug-likeness (QED) is 0.559. The molecule has 0 bridgehead atoms. The first-order valence-electron chi connectivity index (χ1n) is 9.69. The molecule has 0 unspecified atom stereocenters. The lowest BCUT2D eigenvalue weighted by Crippen LogP contribution is -2.30. The monoisotopic (exact) mass is 432 g/mol. The molecule has 3 rings (SSSR count). The summed E-state index contributed by atoms with van der Waals surface area (Å²) in [5, 5.41) is 18.5. The second kappa shape index (κ2) is 9.15. The number of benzene rings is 1. The van der Waals surface area contributed by atoms with Gasteiger partial charge in [0.1, 0.15) is 5.82 Å². The zero-order valence-electron chi connectivity index (χ0n) is 17.4. The van der Waals surface area contributed by atoms with E-state index in [1.165, 1.54) is 12.1 Å². The highest BCUT2D eigenvalue weighted by Crippen LogP contribution is 2.29. The molecule has 0 fully saturated rings. The molecule has 0 aliphatic rings. The summed E-state index contributed by atoms with van der Waals surface area (Å²) in [6.45, 7) is 6.67. The van der Waals surface area contributed by atoms with E-state index < -0.39 is 11.7 Å². The summed E-state index contributed by atoms with van der Waals surface area (Å²) in [5.74, 6) is 0.894. The minimum atomic E-state index is -4.39. The third kappa shape index (κ3) is 5.59. The van der Waals surface area contributed by atoms with Gasteiger partial charge in [-0.15, -0.1) is 10.2 Å². The van der Waals surface area contributed by atoms with E-state index in [0.717, 1.165) is 29.1 Å². The number of aromatic nitrogens is 4. The third-order valence-corrected chi connectivity index (χ3v) is 4.92. The first-order valence-corrected chi connectivity index (χ1v) is 9.69. The van der Waals surface area contributed by atoms with Crippen LogP contribution >= 0.6 is 0 Å². The van der Waals surface area contributed by atoms with Crippen LogP contribution in [0.4, 0.5) is 19.0 Å². The van der Waals surface area contributed by atoms with Crippen molar-refractivity contribution in [1.82, 2.24) is 25.3 Å². The van der Waals surface area contributed by atoms with Crippen LogP contribution in [0.25, 0.3) is 5.82 Å². The van der Waals surface area contributed by atoms with Crippen molar-refractivity contribution in [1.29, 1.82) is 0 Å². The number of nitrogens with one attached hydrogen (secondary N) is 2. The molecule has 10 heteroatoms. The predicted molar refractivity (Wildman–Crippen MR) is 110 cm³/mol. The van der Waals surface area contributed by atoms with Gasteiger partial charge in [-0.2, -0.15) is 18.3 Å². The SMILES string of the molecule is Cc1nn(-c2ccc(NCCNC(=O)Cc3ccc(C(F)(F)F)cc3)nn2)c(C)c1C. The Labute approximate surface area is 177 Å². The Balaban J connectivity index is 1.44. The molecule has 31 heavy (non-hydrogen) atoms. The van der Waals surface area contributed by atoms with Crippen LogP contribution in [-0.2, 0) is 17.4 Å². The maximum absolute atomic E-state index is 12.6. The van der Waals surface area contributed by atoms with Crippen LogP contribution in [0.2, 0.25) is 0 Å².